The van der Waals surface area contributed by atoms with Gasteiger partial charge in [0.15, 0.2) is 0 Å². The van der Waals surface area contributed by atoms with E-state index in [0.717, 1.165) is 11.3 Å². The first kappa shape index (κ1) is 13.6. The number of rotatable bonds is 3. The second kappa shape index (κ2) is 8.12. The molecule has 0 amide bonds. The quantitative estimate of drug-likeness (QED) is 0.583. The highest BCUT2D eigenvalue weighted by atomic mass is 15.1. The molecule has 0 spiro atoms. The van der Waals surface area contributed by atoms with Crippen molar-refractivity contribution in [2.45, 2.75) is 20.8 Å². The lowest BCUT2D eigenvalue weighted by Crippen LogP contribution is -2.10. The fourth-order valence-corrected chi connectivity index (χ4v) is 0.801. The van der Waals surface area contributed by atoms with Gasteiger partial charge in [0.05, 0.1) is 0 Å². The lowest BCUT2D eigenvalue weighted by atomic mass is 10.2. The van der Waals surface area contributed by atoms with Gasteiger partial charge in [-0.25, -0.2) is 0 Å². The van der Waals surface area contributed by atoms with Gasteiger partial charge < -0.3 is 4.90 Å². The SMILES string of the molecule is C=C/C(C)=C(\C=C)N(C)C.CC. The molecule has 0 saturated heterocycles. The van der Waals surface area contributed by atoms with Crippen molar-refractivity contribution in [3.8, 4) is 0 Å². The first-order valence-electron chi connectivity index (χ1n) is 4.26. The molecule has 0 aromatic rings. The molecule has 0 aromatic carbocycles. The third-order valence-electron chi connectivity index (χ3n) is 1.39. The normalized spacial score (nSPS) is 10.4. The van der Waals surface area contributed by atoms with E-state index in [2.05, 4.69) is 13.2 Å². The molecule has 0 atom stereocenters. The van der Waals surface area contributed by atoms with Crippen LogP contribution in [0.5, 0.6) is 0 Å². The van der Waals surface area contributed by atoms with Crippen LogP contribution >= 0.6 is 0 Å². The van der Waals surface area contributed by atoms with Crippen LogP contribution in [0.15, 0.2) is 36.6 Å². The minimum absolute atomic E-state index is 1.12. The van der Waals surface area contributed by atoms with Gasteiger partial charge in [-0.15, -0.1) is 0 Å². The Morgan fingerprint density at radius 2 is 1.50 bits per heavy atom. The molecule has 0 saturated carbocycles. The van der Waals surface area contributed by atoms with Crippen LogP contribution in [-0.2, 0) is 0 Å². The molecule has 0 unspecified atom stereocenters. The predicted molar refractivity (Wildman–Crippen MR) is 58.1 cm³/mol. The summed E-state index contributed by atoms with van der Waals surface area (Å²) in [4.78, 5) is 2.02. The summed E-state index contributed by atoms with van der Waals surface area (Å²) in [6.45, 7) is 13.4. The maximum absolute atomic E-state index is 3.70. The van der Waals surface area contributed by atoms with E-state index >= 15 is 0 Å². The van der Waals surface area contributed by atoms with Crippen molar-refractivity contribution >= 4 is 0 Å². The monoisotopic (exact) mass is 167 g/mol. The zero-order valence-corrected chi connectivity index (χ0v) is 9.02. The Balaban J connectivity index is 0. The van der Waals surface area contributed by atoms with E-state index < -0.39 is 0 Å². The molecular formula is C11H21N. The van der Waals surface area contributed by atoms with Gasteiger partial charge in [0.25, 0.3) is 0 Å². The van der Waals surface area contributed by atoms with E-state index in [1.54, 1.807) is 0 Å². The number of hydrogen-bond acceptors (Lipinski definition) is 1. The van der Waals surface area contributed by atoms with Crippen molar-refractivity contribution < 1.29 is 0 Å². The van der Waals surface area contributed by atoms with E-state index in [1.165, 1.54) is 0 Å². The van der Waals surface area contributed by atoms with E-state index in [4.69, 9.17) is 0 Å². The van der Waals surface area contributed by atoms with Gasteiger partial charge in [0, 0.05) is 19.8 Å². The van der Waals surface area contributed by atoms with Crippen molar-refractivity contribution in [1.82, 2.24) is 4.90 Å². The summed E-state index contributed by atoms with van der Waals surface area (Å²) in [6, 6.07) is 0. The number of allylic oxidation sites excluding steroid dienone is 3. The fraction of sp³-hybridized carbons (Fsp3) is 0.455. The molecule has 70 valence electrons. The molecule has 0 aliphatic rings. The predicted octanol–water partition coefficient (Wildman–Crippen LogP) is 3.22. The maximum Gasteiger partial charge on any atom is 0.0384 e. The fourth-order valence-electron chi connectivity index (χ4n) is 0.801. The highest BCUT2D eigenvalue weighted by Gasteiger charge is 1.95. The second-order valence-corrected chi connectivity index (χ2v) is 2.37. The first-order chi connectivity index (χ1) is 5.63. The average Bonchev–Trinajstić information content (AvgIpc) is 2.08. The summed E-state index contributed by atoms with van der Waals surface area (Å²) < 4.78 is 0. The van der Waals surface area contributed by atoms with E-state index in [1.807, 2.05) is 51.9 Å². The Bertz CT molecular complexity index is 164. The minimum atomic E-state index is 1.12. The lowest BCUT2D eigenvalue weighted by molar-refractivity contribution is 0.525. The van der Waals surface area contributed by atoms with E-state index in [-0.39, 0.29) is 0 Å². The number of likely N-dealkylation sites (N-methyl/N-ethyl adjacent to an activating group) is 1. The van der Waals surface area contributed by atoms with Crippen LogP contribution in [0.25, 0.3) is 0 Å². The van der Waals surface area contributed by atoms with Crippen molar-refractivity contribution in [3.63, 3.8) is 0 Å². The molecule has 0 bridgehead atoms. The lowest BCUT2D eigenvalue weighted by Gasteiger charge is -2.15. The van der Waals surface area contributed by atoms with Crippen LogP contribution < -0.4 is 0 Å². The smallest absolute Gasteiger partial charge is 0.0384 e. The highest BCUT2D eigenvalue weighted by Crippen LogP contribution is 2.07. The standard InChI is InChI=1S/C9H15N.C2H6/c1-6-8(3)9(7-2)10(4)5;1-2/h6-7H,1-2H2,3-5H3;1-2H3/b9-8+;. The van der Waals surface area contributed by atoms with Crippen molar-refractivity contribution in [1.29, 1.82) is 0 Å². The Hall–Kier alpha value is -0.980. The van der Waals surface area contributed by atoms with Gasteiger partial charge >= 0.3 is 0 Å². The number of hydrogen-bond donors (Lipinski definition) is 0. The molecule has 1 heteroatoms. The van der Waals surface area contributed by atoms with Crippen molar-refractivity contribution in [3.05, 3.63) is 36.6 Å². The van der Waals surface area contributed by atoms with Gasteiger partial charge in [0.1, 0.15) is 0 Å². The molecule has 0 N–H and O–H groups in total. The summed E-state index contributed by atoms with van der Waals surface area (Å²) in [5.41, 5.74) is 2.27. The molecule has 0 aliphatic carbocycles. The van der Waals surface area contributed by atoms with Gasteiger partial charge in [-0.05, 0) is 18.6 Å². The van der Waals surface area contributed by atoms with Crippen LogP contribution in [-0.4, -0.2) is 19.0 Å². The Morgan fingerprint density at radius 1 is 1.08 bits per heavy atom. The summed E-state index contributed by atoms with van der Waals surface area (Å²) in [5.74, 6) is 0. The molecule has 0 radical (unpaired) electrons. The van der Waals surface area contributed by atoms with Gasteiger partial charge in [-0.3, -0.25) is 0 Å². The van der Waals surface area contributed by atoms with Gasteiger partial charge in [-0.1, -0.05) is 33.1 Å². The van der Waals surface area contributed by atoms with Gasteiger partial charge in [0.2, 0.25) is 0 Å². The minimum Gasteiger partial charge on any atom is -0.377 e. The number of nitrogens with zero attached hydrogens (tertiary/aromatic N) is 1. The topological polar surface area (TPSA) is 3.24 Å². The maximum atomic E-state index is 3.70. The van der Waals surface area contributed by atoms with Crippen molar-refractivity contribution in [2.24, 2.45) is 0 Å². The van der Waals surface area contributed by atoms with Crippen LogP contribution in [0, 0.1) is 0 Å². The van der Waals surface area contributed by atoms with Crippen LogP contribution in [0.4, 0.5) is 0 Å². The van der Waals surface area contributed by atoms with Gasteiger partial charge in [-0.2, -0.15) is 0 Å². The zero-order valence-electron chi connectivity index (χ0n) is 9.02. The molecule has 0 rings (SSSR count). The second-order valence-electron chi connectivity index (χ2n) is 2.37. The Labute approximate surface area is 77.1 Å². The third-order valence-corrected chi connectivity index (χ3v) is 1.39. The van der Waals surface area contributed by atoms with Crippen LogP contribution in [0.1, 0.15) is 20.8 Å². The molecule has 0 fully saturated rings. The summed E-state index contributed by atoms with van der Waals surface area (Å²) >= 11 is 0. The Kier molecular flexibility index (Phi) is 9.20. The highest BCUT2D eigenvalue weighted by molar-refractivity contribution is 5.27. The first-order valence-corrected chi connectivity index (χ1v) is 4.26. The summed E-state index contributed by atoms with van der Waals surface area (Å²) in [5, 5.41) is 0. The summed E-state index contributed by atoms with van der Waals surface area (Å²) in [7, 11) is 3.98. The molecule has 0 aliphatic heterocycles. The molecule has 0 aromatic heterocycles. The van der Waals surface area contributed by atoms with Crippen molar-refractivity contribution in [2.75, 3.05) is 14.1 Å². The van der Waals surface area contributed by atoms with E-state index in [0.29, 0.717) is 0 Å². The molecule has 12 heavy (non-hydrogen) atoms. The largest absolute Gasteiger partial charge is 0.377 e. The molecular weight excluding hydrogens is 146 g/mol. The summed E-state index contributed by atoms with van der Waals surface area (Å²) in [6.07, 6.45) is 3.66. The van der Waals surface area contributed by atoms with E-state index in [9.17, 15) is 0 Å². The zero-order chi connectivity index (χ0) is 10.1. The van der Waals surface area contributed by atoms with Crippen LogP contribution in [0.2, 0.25) is 0 Å². The Morgan fingerprint density at radius 3 is 1.58 bits per heavy atom. The molecule has 0 heterocycles. The third kappa shape index (κ3) is 4.78. The average molecular weight is 167 g/mol. The van der Waals surface area contributed by atoms with Crippen LogP contribution in [0.3, 0.4) is 0 Å². The molecule has 1 nitrogen and oxygen atoms in total.